The van der Waals surface area contributed by atoms with Crippen molar-refractivity contribution in [3.05, 3.63) is 165 Å². The first-order valence-electron chi connectivity index (χ1n) is 20.2. The van der Waals surface area contributed by atoms with Gasteiger partial charge >= 0.3 is 53.5 Å². The van der Waals surface area contributed by atoms with Crippen LogP contribution in [-0.2, 0) is 18.0 Å². The summed E-state index contributed by atoms with van der Waals surface area (Å²) in [5.41, 5.74) is 8.32. The van der Waals surface area contributed by atoms with Crippen LogP contribution in [-0.4, -0.2) is 19.7 Å². The van der Waals surface area contributed by atoms with Crippen molar-refractivity contribution in [2.45, 2.75) is 26.9 Å². The summed E-state index contributed by atoms with van der Waals surface area (Å²) in [6.07, 6.45) is 3.61. The molecule has 0 unspecified atom stereocenters. The minimum atomic E-state index is -1.65. The van der Waals surface area contributed by atoms with E-state index in [1.165, 1.54) is 0 Å². The standard InChI is InChI=1S/2C25H17Cl2O2.C2H6Si.2ClH.Zr/c2*1-14-7-8-15-9-18(24-19-6-4-3-5-16(19)13-29-24)10-20(15)23(14)17-11-21(26)25(28-2)22(27)12-17;1-3-2;;;/h2*3-13H,1-2H3;1-2H3;2*1H;/q2*-1;;;;+2/p-2. The van der Waals surface area contributed by atoms with Crippen molar-refractivity contribution in [2.24, 2.45) is 0 Å². The molecular weight excluding hydrogens is 1020 g/mol. The van der Waals surface area contributed by atoms with Crippen LogP contribution >= 0.6 is 63.4 Å². The van der Waals surface area contributed by atoms with E-state index in [2.05, 4.69) is 99.7 Å². The molecule has 0 aliphatic heterocycles. The molecule has 12 heteroatoms. The van der Waals surface area contributed by atoms with Gasteiger partial charge in [0, 0.05) is 10.8 Å². The van der Waals surface area contributed by atoms with Gasteiger partial charge in [0.1, 0.15) is 0 Å². The molecule has 10 rings (SSSR count). The van der Waals surface area contributed by atoms with E-state index in [0.717, 1.165) is 99.1 Å². The Bertz CT molecular complexity index is 3120. The normalized spacial score (nSPS) is 11.1. The first-order chi connectivity index (χ1) is 30.8. The van der Waals surface area contributed by atoms with Gasteiger partial charge in [-0.15, -0.1) is 57.9 Å². The first kappa shape index (κ1) is 46.6. The third-order valence-electron chi connectivity index (χ3n) is 11.1. The Morgan fingerprint density at radius 1 is 0.516 bits per heavy atom. The Morgan fingerprint density at radius 2 is 0.875 bits per heavy atom. The van der Waals surface area contributed by atoms with Gasteiger partial charge in [-0.05, 0) is 71.1 Å². The molecule has 0 atom stereocenters. The molecule has 10 aromatic rings. The van der Waals surface area contributed by atoms with Gasteiger partial charge in [-0.2, -0.15) is 0 Å². The van der Waals surface area contributed by atoms with Crippen LogP contribution in [0.2, 0.25) is 33.2 Å². The number of benzene rings is 6. The van der Waals surface area contributed by atoms with E-state index in [1.54, 1.807) is 26.7 Å². The molecule has 0 aliphatic rings. The van der Waals surface area contributed by atoms with Crippen LogP contribution in [0.15, 0.2) is 143 Å². The quantitative estimate of drug-likeness (QED) is 0.123. The maximum atomic E-state index is 6.42. The average Bonchev–Trinajstić information content (AvgIpc) is 4.08. The van der Waals surface area contributed by atoms with Crippen LogP contribution in [0.4, 0.5) is 0 Å². The summed E-state index contributed by atoms with van der Waals surface area (Å²) in [6, 6.07) is 41.2. The zero-order valence-corrected chi connectivity index (χ0v) is 43.6. The molecule has 0 bridgehead atoms. The molecule has 0 saturated heterocycles. The first-order valence-corrected chi connectivity index (χ1v) is 34.2. The molecular formula is C52H40Cl6O4SiZr-2. The van der Waals surface area contributed by atoms with Crippen molar-refractivity contribution in [2.75, 3.05) is 14.2 Å². The van der Waals surface area contributed by atoms with E-state index in [1.807, 2.05) is 48.5 Å². The number of hydrogen-bond donors (Lipinski definition) is 0. The summed E-state index contributed by atoms with van der Waals surface area (Å²) in [4.78, 5) is 0. The second-order valence-electron chi connectivity index (χ2n) is 15.5. The van der Waals surface area contributed by atoms with Gasteiger partial charge < -0.3 is 18.3 Å². The van der Waals surface area contributed by atoms with Crippen LogP contribution in [0.1, 0.15) is 11.1 Å². The fourth-order valence-corrected chi connectivity index (χ4v) is 9.32. The predicted molar refractivity (Wildman–Crippen MR) is 272 cm³/mol. The number of hydrogen-bond acceptors (Lipinski definition) is 4. The van der Waals surface area contributed by atoms with Crippen LogP contribution < -0.4 is 9.47 Å². The van der Waals surface area contributed by atoms with Gasteiger partial charge in [0.25, 0.3) is 0 Å². The minimum absolute atomic E-state index is 0.224. The predicted octanol–water partition coefficient (Wildman–Crippen LogP) is 18.7. The van der Waals surface area contributed by atoms with Gasteiger partial charge in [-0.3, -0.25) is 0 Å². The summed E-state index contributed by atoms with van der Waals surface area (Å²) < 4.78 is 22.4. The fourth-order valence-electron chi connectivity index (χ4n) is 8.04. The van der Waals surface area contributed by atoms with Gasteiger partial charge in [0.2, 0.25) is 0 Å². The molecule has 0 fully saturated rings. The van der Waals surface area contributed by atoms with Crippen molar-refractivity contribution in [1.29, 1.82) is 0 Å². The number of methoxy groups -OCH3 is 2. The molecule has 0 saturated carbocycles. The average molecular weight is 1060 g/mol. The zero-order chi connectivity index (χ0) is 45.4. The van der Waals surface area contributed by atoms with Gasteiger partial charge in [-0.1, -0.05) is 129 Å². The summed E-state index contributed by atoms with van der Waals surface area (Å²) in [5, 5.41) is 10.9. The second kappa shape index (κ2) is 19.9. The van der Waals surface area contributed by atoms with E-state index >= 15 is 0 Å². The summed E-state index contributed by atoms with van der Waals surface area (Å²) in [6.45, 7) is 8.52. The van der Waals surface area contributed by atoms with E-state index in [4.69, 9.17) is 81.7 Å². The second-order valence-corrected chi connectivity index (χ2v) is 40.1. The topological polar surface area (TPSA) is 44.7 Å². The van der Waals surface area contributed by atoms with Crippen LogP contribution in [0.25, 0.3) is 88.0 Å². The van der Waals surface area contributed by atoms with Gasteiger partial charge in [0.15, 0.2) is 11.5 Å². The SMILES string of the molecule is COc1c(Cl)cc(-c2c(C)ccc3[cH-]c(-c4occ5ccccc45)cc23)cc1Cl.COc1c(Cl)cc(-c2c(C)ccc3[cH-]c(-c4occ5ccccc45)cc23)cc1Cl.C[Si](C)=[Zr]([Cl])[Cl]. The van der Waals surface area contributed by atoms with Crippen LogP contribution in [0.5, 0.6) is 11.5 Å². The number of aryl methyl sites for hydroxylation is 2. The number of rotatable bonds is 6. The monoisotopic (exact) mass is 1060 g/mol. The van der Waals surface area contributed by atoms with Crippen molar-refractivity contribution in [3.63, 3.8) is 0 Å². The van der Waals surface area contributed by atoms with Crippen LogP contribution in [0, 0.1) is 13.8 Å². The van der Waals surface area contributed by atoms with Crippen molar-refractivity contribution in [1.82, 2.24) is 0 Å². The maximum absolute atomic E-state index is 6.42. The van der Waals surface area contributed by atoms with E-state index in [9.17, 15) is 0 Å². The fraction of sp³-hybridized carbons (Fsp3) is 0.115. The molecule has 0 spiro atoms. The number of ether oxygens (including phenoxy) is 2. The molecule has 2 aromatic heterocycles. The molecule has 8 aromatic carbocycles. The summed E-state index contributed by atoms with van der Waals surface area (Å²) in [7, 11) is 14.4. The molecule has 0 amide bonds. The molecule has 64 heavy (non-hydrogen) atoms. The third kappa shape index (κ3) is 9.37. The van der Waals surface area contributed by atoms with Crippen molar-refractivity contribution < 1.29 is 36.3 Å². The van der Waals surface area contributed by atoms with E-state index in [-0.39, 0.29) is 5.43 Å². The number of halogens is 6. The molecule has 0 N–H and O–H groups in total. The Hall–Kier alpha value is -3.94. The number of fused-ring (bicyclic) bond motifs is 4. The molecule has 4 nitrogen and oxygen atoms in total. The summed E-state index contributed by atoms with van der Waals surface area (Å²) in [5.74, 6) is 2.75. The summed E-state index contributed by atoms with van der Waals surface area (Å²) >= 11 is 24.0. The van der Waals surface area contributed by atoms with E-state index in [0.29, 0.717) is 31.6 Å². The Labute approximate surface area is 407 Å². The molecule has 2 heterocycles. The Kier molecular flexibility index (Phi) is 14.5. The van der Waals surface area contributed by atoms with Crippen molar-refractivity contribution >= 4 is 112 Å². The Balaban J connectivity index is 0.000000156. The van der Waals surface area contributed by atoms with Gasteiger partial charge in [0.05, 0.1) is 58.4 Å². The zero-order valence-electron chi connectivity index (χ0n) is 35.6. The third-order valence-corrected chi connectivity index (χ3v) is 32.0. The van der Waals surface area contributed by atoms with Gasteiger partial charge in [-0.25, -0.2) is 0 Å². The molecule has 0 aliphatic carbocycles. The van der Waals surface area contributed by atoms with Crippen LogP contribution in [0.3, 0.4) is 0 Å². The molecule has 324 valence electrons. The van der Waals surface area contributed by atoms with E-state index < -0.39 is 18.0 Å². The van der Waals surface area contributed by atoms with Crippen molar-refractivity contribution in [3.8, 4) is 56.4 Å². The number of furan rings is 2. The molecule has 0 radical (unpaired) electrons. The Morgan fingerprint density at radius 3 is 1.22 bits per heavy atom.